The third-order valence-corrected chi connectivity index (χ3v) is 4.07. The van der Waals surface area contributed by atoms with Crippen LogP contribution in [0.25, 0.3) is 0 Å². The third kappa shape index (κ3) is 3.43. The summed E-state index contributed by atoms with van der Waals surface area (Å²) in [5.74, 6) is 0.914. The molecule has 0 bridgehead atoms. The molecule has 0 atom stereocenters. The quantitative estimate of drug-likeness (QED) is 0.916. The first-order chi connectivity index (χ1) is 10.4. The van der Waals surface area contributed by atoms with Gasteiger partial charge in [0.15, 0.2) is 0 Å². The van der Waals surface area contributed by atoms with Crippen molar-refractivity contribution in [1.82, 2.24) is 4.90 Å². The smallest absolute Gasteiger partial charge is 0.123 e. The zero-order valence-electron chi connectivity index (χ0n) is 12.3. The Balaban J connectivity index is 1.53. The molecule has 0 aliphatic carbocycles. The van der Waals surface area contributed by atoms with Crippen molar-refractivity contribution in [3.63, 3.8) is 0 Å². The number of ether oxygens (including phenoxy) is 1. The Labute approximate surface area is 126 Å². The number of hydrogen-bond donors (Lipinski definition) is 1. The molecule has 0 aromatic heterocycles. The second-order valence-corrected chi connectivity index (χ2v) is 5.46. The Kier molecular flexibility index (Phi) is 4.53. The average Bonchev–Trinajstić information content (AvgIpc) is 2.55. The predicted molar refractivity (Wildman–Crippen MR) is 85.3 cm³/mol. The molecule has 2 N–H and O–H groups in total. The van der Waals surface area contributed by atoms with Crippen molar-refractivity contribution < 1.29 is 4.74 Å². The fourth-order valence-corrected chi connectivity index (χ4v) is 2.84. The van der Waals surface area contributed by atoms with E-state index in [2.05, 4.69) is 29.2 Å². The van der Waals surface area contributed by atoms with Gasteiger partial charge in [-0.25, -0.2) is 0 Å². The van der Waals surface area contributed by atoms with Crippen LogP contribution in [0.5, 0.6) is 5.75 Å². The van der Waals surface area contributed by atoms with Crippen molar-refractivity contribution in [1.29, 1.82) is 0 Å². The van der Waals surface area contributed by atoms with Crippen LogP contribution in [-0.4, -0.2) is 24.6 Å². The highest BCUT2D eigenvalue weighted by Crippen LogP contribution is 2.19. The van der Waals surface area contributed by atoms with Gasteiger partial charge in [-0.3, -0.25) is 4.90 Å². The van der Waals surface area contributed by atoms with E-state index in [1.807, 2.05) is 24.3 Å². The van der Waals surface area contributed by atoms with E-state index in [4.69, 9.17) is 10.5 Å². The molecule has 3 heteroatoms. The van der Waals surface area contributed by atoms with Crippen LogP contribution >= 0.6 is 0 Å². The Morgan fingerprint density at radius 2 is 1.76 bits per heavy atom. The highest BCUT2D eigenvalue weighted by Gasteiger charge is 2.15. The lowest BCUT2D eigenvalue weighted by Crippen LogP contribution is -2.33. The Morgan fingerprint density at radius 3 is 2.62 bits per heavy atom. The van der Waals surface area contributed by atoms with E-state index in [1.165, 1.54) is 11.1 Å². The van der Waals surface area contributed by atoms with Gasteiger partial charge in [0.2, 0.25) is 0 Å². The first-order valence-electron chi connectivity index (χ1n) is 7.57. The Morgan fingerprint density at radius 1 is 1.00 bits per heavy atom. The van der Waals surface area contributed by atoms with Gasteiger partial charge in [-0.2, -0.15) is 0 Å². The third-order valence-electron chi connectivity index (χ3n) is 4.07. The van der Waals surface area contributed by atoms with E-state index in [9.17, 15) is 0 Å². The lowest BCUT2D eigenvalue weighted by Gasteiger charge is -2.28. The number of para-hydroxylation sites is 1. The molecule has 0 fully saturated rings. The Hall–Kier alpha value is -1.84. The molecule has 110 valence electrons. The van der Waals surface area contributed by atoms with E-state index in [0.29, 0.717) is 13.2 Å². The standard InChI is InChI=1S/C18H22N2O/c19-13-16-6-3-4-8-18(16)21-12-11-20-10-9-15-5-1-2-7-17(15)14-20/h1-8H,9-14,19H2. The normalized spacial score (nSPS) is 14.7. The lowest BCUT2D eigenvalue weighted by molar-refractivity contribution is 0.195. The summed E-state index contributed by atoms with van der Waals surface area (Å²) in [5, 5.41) is 0. The summed E-state index contributed by atoms with van der Waals surface area (Å²) < 4.78 is 5.90. The van der Waals surface area contributed by atoms with Gasteiger partial charge in [-0.05, 0) is 23.6 Å². The fraction of sp³-hybridized carbons (Fsp3) is 0.333. The molecule has 0 spiro atoms. The summed E-state index contributed by atoms with van der Waals surface area (Å²) >= 11 is 0. The van der Waals surface area contributed by atoms with Crippen molar-refractivity contribution in [2.45, 2.75) is 19.5 Å². The van der Waals surface area contributed by atoms with Gasteiger partial charge in [0.25, 0.3) is 0 Å². The number of benzene rings is 2. The molecule has 3 nitrogen and oxygen atoms in total. The van der Waals surface area contributed by atoms with Crippen LogP contribution in [0.1, 0.15) is 16.7 Å². The lowest BCUT2D eigenvalue weighted by atomic mass is 10.0. The molecule has 0 amide bonds. The van der Waals surface area contributed by atoms with Crippen LogP contribution in [0, 0.1) is 0 Å². The maximum Gasteiger partial charge on any atom is 0.123 e. The molecular formula is C18H22N2O. The molecule has 0 radical (unpaired) electrons. The van der Waals surface area contributed by atoms with Crippen LogP contribution in [0.4, 0.5) is 0 Å². The topological polar surface area (TPSA) is 38.5 Å². The molecule has 3 rings (SSSR count). The highest BCUT2D eigenvalue weighted by atomic mass is 16.5. The number of hydrogen-bond acceptors (Lipinski definition) is 3. The van der Waals surface area contributed by atoms with Crippen LogP contribution < -0.4 is 10.5 Å². The minimum atomic E-state index is 0.521. The van der Waals surface area contributed by atoms with E-state index in [1.54, 1.807) is 0 Å². The maximum absolute atomic E-state index is 5.90. The summed E-state index contributed by atoms with van der Waals surface area (Å²) in [6.45, 7) is 4.32. The number of nitrogens with zero attached hydrogens (tertiary/aromatic N) is 1. The molecule has 1 heterocycles. The zero-order chi connectivity index (χ0) is 14.5. The summed E-state index contributed by atoms with van der Waals surface area (Å²) in [7, 11) is 0. The van der Waals surface area contributed by atoms with Gasteiger partial charge in [0.1, 0.15) is 12.4 Å². The van der Waals surface area contributed by atoms with E-state index < -0.39 is 0 Å². The van der Waals surface area contributed by atoms with Crippen LogP contribution in [0.2, 0.25) is 0 Å². The molecule has 21 heavy (non-hydrogen) atoms. The average molecular weight is 282 g/mol. The van der Waals surface area contributed by atoms with E-state index >= 15 is 0 Å². The van der Waals surface area contributed by atoms with Crippen LogP contribution in [-0.2, 0) is 19.5 Å². The molecular weight excluding hydrogens is 260 g/mol. The molecule has 0 saturated carbocycles. The van der Waals surface area contributed by atoms with Gasteiger partial charge >= 0.3 is 0 Å². The molecule has 0 unspecified atom stereocenters. The van der Waals surface area contributed by atoms with Gasteiger partial charge in [-0.1, -0.05) is 42.5 Å². The monoisotopic (exact) mass is 282 g/mol. The van der Waals surface area contributed by atoms with E-state index in [0.717, 1.165) is 37.4 Å². The minimum Gasteiger partial charge on any atom is -0.492 e. The first kappa shape index (κ1) is 14.1. The van der Waals surface area contributed by atoms with Gasteiger partial charge in [0.05, 0.1) is 0 Å². The second-order valence-electron chi connectivity index (χ2n) is 5.46. The molecule has 1 aliphatic rings. The summed E-state index contributed by atoms with van der Waals surface area (Å²) in [6, 6.07) is 16.7. The van der Waals surface area contributed by atoms with Crippen LogP contribution in [0.3, 0.4) is 0 Å². The molecule has 2 aromatic carbocycles. The minimum absolute atomic E-state index is 0.521. The Bertz CT molecular complexity index is 597. The van der Waals surface area contributed by atoms with Gasteiger partial charge < -0.3 is 10.5 Å². The zero-order valence-corrected chi connectivity index (χ0v) is 12.3. The van der Waals surface area contributed by atoms with Crippen molar-refractivity contribution in [3.8, 4) is 5.75 Å². The fourth-order valence-electron chi connectivity index (χ4n) is 2.84. The summed E-state index contributed by atoms with van der Waals surface area (Å²) in [5.41, 5.74) is 9.74. The van der Waals surface area contributed by atoms with Crippen molar-refractivity contribution in [2.24, 2.45) is 5.73 Å². The van der Waals surface area contributed by atoms with Crippen molar-refractivity contribution >= 4 is 0 Å². The van der Waals surface area contributed by atoms with E-state index in [-0.39, 0.29) is 0 Å². The van der Waals surface area contributed by atoms with Gasteiger partial charge in [-0.15, -0.1) is 0 Å². The maximum atomic E-state index is 5.90. The molecule has 1 aliphatic heterocycles. The largest absolute Gasteiger partial charge is 0.492 e. The highest BCUT2D eigenvalue weighted by molar-refractivity contribution is 5.33. The van der Waals surface area contributed by atoms with Crippen molar-refractivity contribution in [3.05, 3.63) is 65.2 Å². The van der Waals surface area contributed by atoms with Crippen molar-refractivity contribution in [2.75, 3.05) is 19.7 Å². The number of fused-ring (bicyclic) bond motifs is 1. The molecule has 0 saturated heterocycles. The number of nitrogens with two attached hydrogens (primary N) is 1. The summed E-state index contributed by atoms with van der Waals surface area (Å²) in [4.78, 5) is 2.45. The molecule has 2 aromatic rings. The SMILES string of the molecule is NCc1ccccc1OCCN1CCc2ccccc2C1. The number of rotatable bonds is 5. The van der Waals surface area contributed by atoms with Crippen LogP contribution in [0.15, 0.2) is 48.5 Å². The first-order valence-corrected chi connectivity index (χ1v) is 7.57. The van der Waals surface area contributed by atoms with Gasteiger partial charge in [0, 0.05) is 31.7 Å². The summed E-state index contributed by atoms with van der Waals surface area (Å²) in [6.07, 6.45) is 1.13. The second kappa shape index (κ2) is 6.74. The predicted octanol–water partition coefficient (Wildman–Crippen LogP) is 2.58.